The fourth-order valence-corrected chi connectivity index (χ4v) is 11.1. The summed E-state index contributed by atoms with van der Waals surface area (Å²) >= 11 is 0. The second kappa shape index (κ2) is 21.1. The Balaban J connectivity index is 1.02. The lowest BCUT2D eigenvalue weighted by atomic mass is 9.82. The van der Waals surface area contributed by atoms with Crippen LogP contribution in [0.4, 0.5) is 0 Å². The molecule has 5 N–H and O–H groups in total. The van der Waals surface area contributed by atoms with Gasteiger partial charge in [0, 0.05) is 18.8 Å². The molecular weight excluding hydrogens is 795 g/mol. The molecule has 3 unspecified atom stereocenters. The fourth-order valence-electron chi connectivity index (χ4n) is 11.1. The van der Waals surface area contributed by atoms with Crippen molar-refractivity contribution < 1.29 is 29.1 Å². The average Bonchev–Trinajstić information content (AvgIpc) is 3.93. The number of fused-ring (bicyclic) bond motifs is 1. The number of nitrogens with one attached hydrogen (secondary N) is 4. The molecule has 5 aliphatic rings. The van der Waals surface area contributed by atoms with E-state index in [-0.39, 0.29) is 41.3 Å². The largest absolute Gasteiger partial charge is 0.381 e. The predicted molar refractivity (Wildman–Crippen MR) is 241 cm³/mol. The van der Waals surface area contributed by atoms with Crippen molar-refractivity contribution in [3.05, 3.63) is 59.7 Å². The van der Waals surface area contributed by atoms with Gasteiger partial charge < -0.3 is 31.3 Å². The van der Waals surface area contributed by atoms with Crippen LogP contribution in [0, 0.1) is 29.1 Å². The zero-order valence-electron chi connectivity index (χ0n) is 38.2. The maximum absolute atomic E-state index is 14.9. The van der Waals surface area contributed by atoms with Gasteiger partial charge in [0.15, 0.2) is 6.10 Å². The standard InChI is InChI=1S/C50H73N7O6/c1-5-14-39(43(58)48(62)53-36-25-26-36)54-47(61)42-38-22-13-21-35(38)30-57(42)49(63)44(50(2,3)4)56-46(60)41(34-18-10-7-11-19-34)55-45(59)40-29-51-37(28-52-40)27-31-15-12-20-33(24-23-31)32-16-8-6-9-17-32/h6,8-9,16-17,28-29,31,33-36,38-39,41-44,58H,5,7,10-15,18-27,30H2,1-4H3,(H,53,62)(H,54,61)(H,55,59)(H,56,60)/t31?,33?,35-,38-,39+,41-,42-,43?,44+/m0/s1. The summed E-state index contributed by atoms with van der Waals surface area (Å²) in [5.74, 6) is -1.07. The quantitative estimate of drug-likeness (QED) is 0.125. The molecule has 0 bridgehead atoms. The van der Waals surface area contributed by atoms with Crippen LogP contribution in [0.5, 0.6) is 0 Å². The molecule has 2 aromatic rings. The number of benzene rings is 1. The normalized spacial score (nSPS) is 26.0. The van der Waals surface area contributed by atoms with E-state index in [2.05, 4.69) is 61.6 Å². The number of rotatable bonds is 16. The van der Waals surface area contributed by atoms with Crippen molar-refractivity contribution in [2.45, 2.75) is 186 Å². The topological polar surface area (TPSA) is 183 Å². The fraction of sp³-hybridized carbons (Fsp3) is 0.700. The number of carbonyl (C=O) groups is 5. The summed E-state index contributed by atoms with van der Waals surface area (Å²) in [4.78, 5) is 81.4. The zero-order chi connectivity index (χ0) is 44.7. The predicted octanol–water partition coefficient (Wildman–Crippen LogP) is 6.14. The maximum Gasteiger partial charge on any atom is 0.272 e. The number of aliphatic hydroxyl groups is 1. The first-order valence-corrected chi connectivity index (χ1v) is 24.4. The molecule has 0 spiro atoms. The monoisotopic (exact) mass is 868 g/mol. The lowest BCUT2D eigenvalue weighted by molar-refractivity contribution is -0.146. The third-order valence-electron chi connectivity index (χ3n) is 14.8. The molecule has 5 amide bonds. The van der Waals surface area contributed by atoms with Gasteiger partial charge in [0.1, 0.15) is 23.8 Å². The summed E-state index contributed by atoms with van der Waals surface area (Å²) in [6, 6.07) is 7.37. The number of amides is 5. The Hall–Kier alpha value is -4.39. The summed E-state index contributed by atoms with van der Waals surface area (Å²) in [5, 5.41) is 23.0. The van der Waals surface area contributed by atoms with Gasteiger partial charge in [-0.3, -0.25) is 29.0 Å². The van der Waals surface area contributed by atoms with Crippen LogP contribution in [-0.2, 0) is 25.6 Å². The highest BCUT2D eigenvalue weighted by Crippen LogP contribution is 2.43. The van der Waals surface area contributed by atoms with E-state index in [0.717, 1.165) is 95.6 Å². The molecule has 5 fully saturated rings. The molecule has 13 nitrogen and oxygen atoms in total. The number of carbonyl (C=O) groups excluding carboxylic acids is 5. The highest BCUT2D eigenvalue weighted by atomic mass is 16.3. The minimum Gasteiger partial charge on any atom is -0.381 e. The van der Waals surface area contributed by atoms with E-state index in [9.17, 15) is 29.1 Å². The molecule has 63 heavy (non-hydrogen) atoms. The molecule has 4 aliphatic carbocycles. The van der Waals surface area contributed by atoms with Crippen molar-refractivity contribution in [2.75, 3.05) is 6.54 Å². The Kier molecular flexibility index (Phi) is 15.6. The first-order valence-electron chi connectivity index (χ1n) is 24.4. The van der Waals surface area contributed by atoms with Crippen LogP contribution in [-0.4, -0.2) is 92.4 Å². The number of hydrogen-bond acceptors (Lipinski definition) is 8. The number of hydrogen-bond donors (Lipinski definition) is 5. The molecule has 1 aromatic heterocycles. The number of nitrogens with zero attached hydrogens (tertiary/aromatic N) is 3. The molecule has 1 saturated heterocycles. The third kappa shape index (κ3) is 11.9. The molecule has 2 heterocycles. The van der Waals surface area contributed by atoms with Crippen molar-refractivity contribution in [3.63, 3.8) is 0 Å². The number of aliphatic hydroxyl groups excluding tert-OH is 1. The van der Waals surface area contributed by atoms with Gasteiger partial charge in [-0.25, -0.2) is 4.98 Å². The van der Waals surface area contributed by atoms with E-state index in [0.29, 0.717) is 31.2 Å². The smallest absolute Gasteiger partial charge is 0.272 e. The summed E-state index contributed by atoms with van der Waals surface area (Å²) in [6.45, 7) is 8.02. The Labute approximate surface area is 374 Å². The summed E-state index contributed by atoms with van der Waals surface area (Å²) in [5.41, 5.74) is 1.68. The first kappa shape index (κ1) is 46.6. The van der Waals surface area contributed by atoms with Gasteiger partial charge in [0.2, 0.25) is 17.7 Å². The highest BCUT2D eigenvalue weighted by molar-refractivity contribution is 5.98. The molecule has 7 rings (SSSR count). The summed E-state index contributed by atoms with van der Waals surface area (Å²) in [7, 11) is 0. The van der Waals surface area contributed by atoms with Gasteiger partial charge in [0.05, 0.1) is 17.9 Å². The lowest BCUT2D eigenvalue weighted by Gasteiger charge is -2.38. The molecule has 1 aromatic carbocycles. The van der Waals surface area contributed by atoms with E-state index in [1.54, 1.807) is 11.1 Å². The summed E-state index contributed by atoms with van der Waals surface area (Å²) in [6.07, 6.45) is 18.3. The molecule has 0 radical (unpaired) electrons. The van der Waals surface area contributed by atoms with E-state index >= 15 is 0 Å². The van der Waals surface area contributed by atoms with E-state index in [4.69, 9.17) is 0 Å². The zero-order valence-corrected chi connectivity index (χ0v) is 38.2. The molecule has 9 atom stereocenters. The van der Waals surface area contributed by atoms with Gasteiger partial charge in [0.25, 0.3) is 11.8 Å². The highest BCUT2D eigenvalue weighted by Gasteiger charge is 2.52. The van der Waals surface area contributed by atoms with Crippen LogP contribution in [0.25, 0.3) is 0 Å². The molecular formula is C50H73N7O6. The number of likely N-dealkylation sites (tertiary alicyclic amines) is 1. The van der Waals surface area contributed by atoms with Gasteiger partial charge in [-0.05, 0) is 111 Å². The van der Waals surface area contributed by atoms with Crippen LogP contribution in [0.2, 0.25) is 0 Å². The Morgan fingerprint density at radius 2 is 1.54 bits per heavy atom. The minimum atomic E-state index is -1.41. The van der Waals surface area contributed by atoms with Crippen molar-refractivity contribution in [2.24, 2.45) is 29.1 Å². The third-order valence-corrected chi connectivity index (χ3v) is 14.8. The number of aromatic nitrogens is 2. The van der Waals surface area contributed by atoms with Crippen LogP contribution in [0.15, 0.2) is 42.7 Å². The lowest BCUT2D eigenvalue weighted by Crippen LogP contribution is -2.62. The Bertz CT molecular complexity index is 1880. The van der Waals surface area contributed by atoms with E-state index < -0.39 is 53.4 Å². The van der Waals surface area contributed by atoms with Gasteiger partial charge in [-0.2, -0.15) is 0 Å². The van der Waals surface area contributed by atoms with Crippen LogP contribution >= 0.6 is 0 Å². The van der Waals surface area contributed by atoms with Crippen LogP contribution in [0.3, 0.4) is 0 Å². The van der Waals surface area contributed by atoms with Gasteiger partial charge in [-0.15, -0.1) is 0 Å². The SMILES string of the molecule is CCC[C@@H](NC(=O)[C@@H]1[C@H]2CCC[C@H]2CN1C(=O)[C@@H](NC(=O)[C@@H](NC(=O)c1cnc(CC2CCCC(c3ccccc3)CC2)cn1)C1CCCCC1)C(C)(C)C)C(O)C(=O)NC1CC1. The Morgan fingerprint density at radius 3 is 2.22 bits per heavy atom. The summed E-state index contributed by atoms with van der Waals surface area (Å²) < 4.78 is 0. The van der Waals surface area contributed by atoms with Crippen molar-refractivity contribution in [1.82, 2.24) is 36.1 Å². The van der Waals surface area contributed by atoms with Gasteiger partial charge in [-0.1, -0.05) is 103 Å². The Morgan fingerprint density at radius 1 is 0.794 bits per heavy atom. The van der Waals surface area contributed by atoms with E-state index in [1.165, 1.54) is 24.6 Å². The van der Waals surface area contributed by atoms with Crippen molar-refractivity contribution in [1.29, 1.82) is 0 Å². The average molecular weight is 868 g/mol. The van der Waals surface area contributed by atoms with E-state index in [1.807, 2.05) is 27.7 Å². The molecule has 344 valence electrons. The second-order valence-corrected chi connectivity index (χ2v) is 20.7. The second-order valence-electron chi connectivity index (χ2n) is 20.7. The molecule has 4 saturated carbocycles. The van der Waals surface area contributed by atoms with Crippen LogP contribution < -0.4 is 21.3 Å². The molecule has 1 aliphatic heterocycles. The first-order chi connectivity index (χ1) is 30.3. The molecule has 13 heteroatoms. The minimum absolute atomic E-state index is 0.0640. The van der Waals surface area contributed by atoms with Crippen LogP contribution in [0.1, 0.15) is 165 Å². The van der Waals surface area contributed by atoms with Crippen molar-refractivity contribution in [3.8, 4) is 0 Å². The maximum atomic E-state index is 14.9. The van der Waals surface area contributed by atoms with Gasteiger partial charge >= 0.3 is 0 Å². The van der Waals surface area contributed by atoms with Crippen molar-refractivity contribution >= 4 is 29.5 Å².